The largest absolute Gasteiger partial charge is 0.489 e. The first kappa shape index (κ1) is 27.5. The number of benzene rings is 2. The molecular weight excluding hydrogens is 560 g/mol. The van der Waals surface area contributed by atoms with Gasteiger partial charge in [-0.25, -0.2) is 4.79 Å². The second-order valence-corrected chi connectivity index (χ2v) is 11.8. The molecule has 2 aromatic carbocycles. The lowest BCUT2D eigenvalue weighted by Crippen LogP contribution is -2.40. The highest BCUT2D eigenvalue weighted by Crippen LogP contribution is 2.48. The standard InChI is InChI=1S/C32H30O11/c1-30(2,35)23(33)15-38-28-19-7-10-32(41-22(19)14-21-20(28)9-12-36-21)42-24(31(3,4)43-32)16-39-29-26-18(8-11-37-26)13-17-5-6-25(34)40-27(17)29/h5-14,23-24,33,35H,15-16H2,1-4H3/t23?,24-,32-/m1/s1. The molecule has 0 bridgehead atoms. The van der Waals surface area contributed by atoms with Gasteiger partial charge >= 0.3 is 11.6 Å². The Labute approximate surface area is 244 Å². The molecule has 1 unspecified atom stereocenters. The third kappa shape index (κ3) is 4.74. The predicted molar refractivity (Wildman–Crippen MR) is 154 cm³/mol. The molecule has 43 heavy (non-hydrogen) atoms. The smallest absolute Gasteiger partial charge is 0.350 e. The first-order valence-corrected chi connectivity index (χ1v) is 13.8. The summed E-state index contributed by atoms with van der Waals surface area (Å²) in [5, 5.41) is 22.7. The van der Waals surface area contributed by atoms with Gasteiger partial charge in [0.1, 0.15) is 42.5 Å². The molecule has 5 aromatic rings. The minimum atomic E-state index is -1.58. The van der Waals surface area contributed by atoms with E-state index in [0.29, 0.717) is 39.0 Å². The number of aliphatic hydroxyl groups excluding tert-OH is 1. The molecule has 2 aliphatic heterocycles. The van der Waals surface area contributed by atoms with Crippen LogP contribution in [-0.4, -0.2) is 52.8 Å². The van der Waals surface area contributed by atoms with Crippen LogP contribution in [0.5, 0.6) is 17.2 Å². The highest BCUT2D eigenvalue weighted by atomic mass is 16.9. The van der Waals surface area contributed by atoms with Gasteiger partial charge in [0.25, 0.3) is 0 Å². The number of hydrogen-bond donors (Lipinski definition) is 2. The van der Waals surface area contributed by atoms with Gasteiger partial charge in [-0.2, -0.15) is 0 Å². The Balaban J connectivity index is 1.17. The van der Waals surface area contributed by atoms with Crippen LogP contribution in [0.1, 0.15) is 33.3 Å². The zero-order valence-electron chi connectivity index (χ0n) is 23.9. The van der Waals surface area contributed by atoms with Crippen LogP contribution in [0.2, 0.25) is 0 Å². The molecule has 5 heterocycles. The SMILES string of the molecule is CC(C)(O)C(O)COc1c2c(cc3occc13)O[C@]1(C=C2)O[C@H](COc2c3occc3cc3ccc(=O)oc23)C(C)(C)O1. The topological polar surface area (TPSA) is 143 Å². The molecule has 11 heteroatoms. The van der Waals surface area contributed by atoms with Crippen molar-refractivity contribution in [1.29, 1.82) is 0 Å². The van der Waals surface area contributed by atoms with E-state index in [4.69, 9.17) is 36.9 Å². The van der Waals surface area contributed by atoms with E-state index >= 15 is 0 Å². The van der Waals surface area contributed by atoms with Gasteiger partial charge in [0, 0.05) is 29.0 Å². The summed E-state index contributed by atoms with van der Waals surface area (Å²) >= 11 is 0. The Bertz CT molecular complexity index is 1940. The normalized spacial score (nSPS) is 21.9. The van der Waals surface area contributed by atoms with Crippen molar-refractivity contribution in [1.82, 2.24) is 0 Å². The maximum Gasteiger partial charge on any atom is 0.350 e. The minimum Gasteiger partial charge on any atom is -0.489 e. The summed E-state index contributed by atoms with van der Waals surface area (Å²) in [7, 11) is 0. The third-order valence-corrected chi connectivity index (χ3v) is 7.77. The summed E-state index contributed by atoms with van der Waals surface area (Å²) in [5.74, 6) is -0.493. The lowest BCUT2D eigenvalue weighted by molar-refractivity contribution is -0.271. The molecule has 1 spiro atoms. The lowest BCUT2D eigenvalue weighted by atomic mass is 10.0. The highest BCUT2D eigenvalue weighted by molar-refractivity contribution is 6.00. The van der Waals surface area contributed by atoms with Gasteiger partial charge in [0.05, 0.1) is 34.7 Å². The van der Waals surface area contributed by atoms with Gasteiger partial charge in [-0.15, -0.1) is 0 Å². The van der Waals surface area contributed by atoms with Crippen LogP contribution in [-0.2, 0) is 9.47 Å². The molecule has 7 rings (SSSR count). The Morgan fingerprint density at radius 3 is 2.60 bits per heavy atom. The minimum absolute atomic E-state index is 0.0206. The molecule has 0 radical (unpaired) electrons. The fourth-order valence-corrected chi connectivity index (χ4v) is 5.26. The van der Waals surface area contributed by atoms with Gasteiger partial charge in [-0.3, -0.25) is 0 Å². The number of ether oxygens (including phenoxy) is 5. The first-order chi connectivity index (χ1) is 20.4. The van der Waals surface area contributed by atoms with E-state index in [1.807, 2.05) is 19.9 Å². The zero-order valence-corrected chi connectivity index (χ0v) is 23.9. The van der Waals surface area contributed by atoms with E-state index in [1.165, 1.54) is 26.2 Å². The van der Waals surface area contributed by atoms with E-state index in [9.17, 15) is 15.0 Å². The van der Waals surface area contributed by atoms with E-state index in [1.54, 1.807) is 42.7 Å². The van der Waals surface area contributed by atoms with E-state index < -0.39 is 35.0 Å². The third-order valence-electron chi connectivity index (χ3n) is 7.77. The fraction of sp³-hybridized carbons (Fsp3) is 0.344. The van der Waals surface area contributed by atoms with E-state index in [0.717, 1.165) is 5.39 Å². The molecule has 3 atom stereocenters. The number of rotatable bonds is 7. The van der Waals surface area contributed by atoms with E-state index in [2.05, 4.69) is 0 Å². The molecule has 11 nitrogen and oxygen atoms in total. The average Bonchev–Trinajstić information content (AvgIpc) is 3.66. The second-order valence-electron chi connectivity index (χ2n) is 11.8. The van der Waals surface area contributed by atoms with Crippen LogP contribution in [0.3, 0.4) is 0 Å². The molecule has 0 saturated carbocycles. The summed E-state index contributed by atoms with van der Waals surface area (Å²) < 4.78 is 48.0. The van der Waals surface area contributed by atoms with Crippen LogP contribution in [0.15, 0.2) is 73.0 Å². The summed E-state index contributed by atoms with van der Waals surface area (Å²) in [6.07, 6.45) is 4.72. The van der Waals surface area contributed by atoms with Gasteiger partial charge < -0.3 is 47.1 Å². The second kappa shape index (κ2) is 9.61. The van der Waals surface area contributed by atoms with Crippen molar-refractivity contribution in [2.45, 2.75) is 57.1 Å². The molecular formula is C32H30O11. The van der Waals surface area contributed by atoms with Gasteiger partial charge in [0.15, 0.2) is 11.2 Å². The molecule has 3 aromatic heterocycles. The maximum absolute atomic E-state index is 12.0. The average molecular weight is 591 g/mol. The lowest BCUT2D eigenvalue weighted by Gasteiger charge is -2.31. The van der Waals surface area contributed by atoms with Crippen LogP contribution in [0, 0.1) is 0 Å². The van der Waals surface area contributed by atoms with Crippen molar-refractivity contribution in [2.24, 2.45) is 0 Å². The Hall–Kier alpha value is -4.29. The molecule has 0 amide bonds. The quantitative estimate of drug-likeness (QED) is 0.244. The summed E-state index contributed by atoms with van der Waals surface area (Å²) in [5.41, 5.74) is -0.928. The molecule has 1 fully saturated rings. The van der Waals surface area contributed by atoms with Gasteiger partial charge in [-0.05, 0) is 58.0 Å². The van der Waals surface area contributed by atoms with Crippen molar-refractivity contribution in [2.75, 3.05) is 13.2 Å². The van der Waals surface area contributed by atoms with Crippen LogP contribution < -0.4 is 19.8 Å². The molecule has 0 aliphatic carbocycles. The van der Waals surface area contributed by atoms with E-state index in [-0.39, 0.29) is 24.5 Å². The van der Waals surface area contributed by atoms with Crippen molar-refractivity contribution in [3.05, 3.63) is 71.0 Å². The first-order valence-electron chi connectivity index (χ1n) is 13.8. The molecule has 2 N–H and O–H groups in total. The summed E-state index contributed by atoms with van der Waals surface area (Å²) in [4.78, 5) is 12.0. The fourth-order valence-electron chi connectivity index (χ4n) is 5.26. The maximum atomic E-state index is 12.0. The van der Waals surface area contributed by atoms with Crippen molar-refractivity contribution in [3.8, 4) is 17.2 Å². The number of fused-ring (bicyclic) bond motifs is 4. The summed E-state index contributed by atoms with van der Waals surface area (Å²) in [6, 6.07) is 10.2. The van der Waals surface area contributed by atoms with Crippen molar-refractivity contribution < 1.29 is 47.1 Å². The monoisotopic (exact) mass is 590 g/mol. The Kier molecular flexibility index (Phi) is 6.16. The predicted octanol–water partition coefficient (Wildman–Crippen LogP) is 5.13. The Morgan fingerprint density at radius 2 is 1.79 bits per heavy atom. The van der Waals surface area contributed by atoms with Gasteiger partial charge in [-0.1, -0.05) is 0 Å². The number of furan rings is 2. The Morgan fingerprint density at radius 1 is 1.00 bits per heavy atom. The highest BCUT2D eigenvalue weighted by Gasteiger charge is 2.55. The number of hydrogen-bond acceptors (Lipinski definition) is 11. The number of aliphatic hydroxyl groups is 2. The van der Waals surface area contributed by atoms with Crippen molar-refractivity contribution >= 4 is 39.0 Å². The van der Waals surface area contributed by atoms with Crippen LogP contribution in [0.25, 0.3) is 39.0 Å². The van der Waals surface area contributed by atoms with Crippen molar-refractivity contribution in [3.63, 3.8) is 0 Å². The molecule has 2 aliphatic rings. The molecule has 224 valence electrons. The van der Waals surface area contributed by atoms with Crippen LogP contribution in [0.4, 0.5) is 0 Å². The van der Waals surface area contributed by atoms with Gasteiger partial charge in [0.2, 0.25) is 5.75 Å². The zero-order chi connectivity index (χ0) is 30.1. The molecule has 1 saturated heterocycles. The van der Waals surface area contributed by atoms with Crippen LogP contribution >= 0.6 is 0 Å². The summed E-state index contributed by atoms with van der Waals surface area (Å²) in [6.45, 7) is 6.59.